The van der Waals surface area contributed by atoms with Gasteiger partial charge in [0.15, 0.2) is 5.13 Å². The summed E-state index contributed by atoms with van der Waals surface area (Å²) >= 11 is 1.45. The molecule has 0 atom stereocenters. The van der Waals surface area contributed by atoms with Gasteiger partial charge in [-0.1, -0.05) is 32.6 Å². The fourth-order valence-electron chi connectivity index (χ4n) is 2.58. The third-order valence-corrected chi connectivity index (χ3v) is 4.38. The van der Waals surface area contributed by atoms with Crippen LogP contribution in [0.5, 0.6) is 0 Å². The molecule has 4 nitrogen and oxygen atoms in total. The Hall–Kier alpha value is -0.940. The van der Waals surface area contributed by atoms with Crippen LogP contribution in [0.4, 0.5) is 5.13 Å². The summed E-state index contributed by atoms with van der Waals surface area (Å²) in [6, 6.07) is 0. The number of aliphatic hydroxyl groups is 1. The minimum absolute atomic E-state index is 0.123. The van der Waals surface area contributed by atoms with Gasteiger partial charge in [-0.2, -0.15) is 0 Å². The lowest BCUT2D eigenvalue weighted by molar-refractivity contribution is -0.122. The molecule has 1 aromatic rings. The predicted octanol–water partition coefficient (Wildman–Crippen LogP) is 3.12. The number of amides is 1. The van der Waals surface area contributed by atoms with Crippen molar-refractivity contribution < 1.29 is 9.90 Å². The number of hydrogen-bond donors (Lipinski definition) is 2. The summed E-state index contributed by atoms with van der Waals surface area (Å²) in [6.07, 6.45) is 6.85. The molecule has 0 saturated heterocycles. The Kier molecular flexibility index (Phi) is 4.93. The number of aryl methyl sites for hydroxylation is 1. The number of nitrogens with one attached hydrogen (secondary N) is 1. The Morgan fingerprint density at radius 3 is 2.89 bits per heavy atom. The van der Waals surface area contributed by atoms with Gasteiger partial charge in [-0.3, -0.25) is 4.79 Å². The normalized spacial score (nSPS) is 18.2. The van der Waals surface area contributed by atoms with E-state index in [2.05, 4.69) is 17.2 Å². The van der Waals surface area contributed by atoms with Crippen LogP contribution in [0.25, 0.3) is 0 Å². The maximum absolute atomic E-state index is 11.9. The molecule has 0 aromatic carbocycles. The average Bonchev–Trinajstić information content (AvgIpc) is 2.77. The standard InChI is InChI=1S/C14H22N2O2S/c1-2-6-11-10-19-13(15-11)16-12(17)9-14(18)7-4-3-5-8-14/h10,18H,2-9H2,1H3,(H,15,16,17). The molecule has 106 valence electrons. The first-order chi connectivity index (χ1) is 9.11. The van der Waals surface area contributed by atoms with Gasteiger partial charge in [0.1, 0.15) is 0 Å². The summed E-state index contributed by atoms with van der Waals surface area (Å²) in [4.78, 5) is 16.3. The highest BCUT2D eigenvalue weighted by Gasteiger charge is 2.31. The Morgan fingerprint density at radius 2 is 2.21 bits per heavy atom. The molecule has 0 bridgehead atoms. The Morgan fingerprint density at radius 1 is 1.47 bits per heavy atom. The van der Waals surface area contributed by atoms with Crippen LogP contribution in [0, 0.1) is 0 Å². The molecule has 0 aliphatic heterocycles. The summed E-state index contributed by atoms with van der Waals surface area (Å²) in [7, 11) is 0. The van der Waals surface area contributed by atoms with Crippen LogP contribution in [0.15, 0.2) is 5.38 Å². The number of carbonyl (C=O) groups is 1. The van der Waals surface area contributed by atoms with Crippen molar-refractivity contribution in [3.63, 3.8) is 0 Å². The van der Waals surface area contributed by atoms with Gasteiger partial charge in [-0.15, -0.1) is 11.3 Å². The van der Waals surface area contributed by atoms with Crippen molar-refractivity contribution in [2.24, 2.45) is 0 Å². The number of anilines is 1. The van der Waals surface area contributed by atoms with Gasteiger partial charge in [0.2, 0.25) is 5.91 Å². The van der Waals surface area contributed by atoms with Gasteiger partial charge in [-0.05, 0) is 19.3 Å². The Bertz CT molecular complexity index is 425. The zero-order valence-corrected chi connectivity index (χ0v) is 12.3. The molecule has 1 saturated carbocycles. The predicted molar refractivity (Wildman–Crippen MR) is 77.4 cm³/mol. The second-order valence-corrected chi connectivity index (χ2v) is 6.26. The van der Waals surface area contributed by atoms with Crippen LogP contribution in [0.2, 0.25) is 0 Å². The smallest absolute Gasteiger partial charge is 0.229 e. The number of thiazole rings is 1. The molecule has 0 radical (unpaired) electrons. The van der Waals surface area contributed by atoms with Crippen molar-refractivity contribution in [3.05, 3.63) is 11.1 Å². The van der Waals surface area contributed by atoms with Crippen LogP contribution in [0.3, 0.4) is 0 Å². The maximum atomic E-state index is 11.9. The molecule has 0 unspecified atom stereocenters. The van der Waals surface area contributed by atoms with E-state index in [4.69, 9.17) is 0 Å². The molecule has 1 aromatic heterocycles. The van der Waals surface area contributed by atoms with E-state index in [0.29, 0.717) is 5.13 Å². The number of hydrogen-bond acceptors (Lipinski definition) is 4. The summed E-state index contributed by atoms with van der Waals surface area (Å²) in [6.45, 7) is 2.11. The summed E-state index contributed by atoms with van der Waals surface area (Å²) in [5.74, 6) is -0.123. The monoisotopic (exact) mass is 282 g/mol. The molecular weight excluding hydrogens is 260 g/mol. The quantitative estimate of drug-likeness (QED) is 0.872. The van der Waals surface area contributed by atoms with Gasteiger partial charge >= 0.3 is 0 Å². The van der Waals surface area contributed by atoms with Gasteiger partial charge in [0.25, 0.3) is 0 Å². The van der Waals surface area contributed by atoms with Gasteiger partial charge < -0.3 is 10.4 Å². The van der Waals surface area contributed by atoms with Gasteiger partial charge in [0, 0.05) is 5.38 Å². The van der Waals surface area contributed by atoms with E-state index in [0.717, 1.165) is 50.6 Å². The van der Waals surface area contributed by atoms with E-state index in [-0.39, 0.29) is 12.3 Å². The van der Waals surface area contributed by atoms with E-state index in [9.17, 15) is 9.90 Å². The van der Waals surface area contributed by atoms with E-state index in [1.165, 1.54) is 11.3 Å². The Labute approximate surface area is 118 Å². The van der Waals surface area contributed by atoms with Crippen molar-refractivity contribution in [1.82, 2.24) is 4.98 Å². The highest BCUT2D eigenvalue weighted by Crippen LogP contribution is 2.31. The van der Waals surface area contributed by atoms with Crippen LogP contribution in [0.1, 0.15) is 57.6 Å². The number of nitrogens with zero attached hydrogens (tertiary/aromatic N) is 1. The van der Waals surface area contributed by atoms with Gasteiger partial charge in [0.05, 0.1) is 17.7 Å². The second-order valence-electron chi connectivity index (χ2n) is 5.40. The molecule has 1 heterocycles. The van der Waals surface area contributed by atoms with Crippen molar-refractivity contribution in [1.29, 1.82) is 0 Å². The van der Waals surface area contributed by atoms with Crippen molar-refractivity contribution in [3.8, 4) is 0 Å². The van der Waals surface area contributed by atoms with E-state index < -0.39 is 5.60 Å². The number of carbonyl (C=O) groups excluding carboxylic acids is 1. The third-order valence-electron chi connectivity index (χ3n) is 3.58. The van der Waals surface area contributed by atoms with Crippen LogP contribution in [-0.4, -0.2) is 21.6 Å². The molecule has 1 aliphatic carbocycles. The zero-order chi connectivity index (χ0) is 13.7. The number of aromatic nitrogens is 1. The van der Waals surface area contributed by atoms with E-state index in [1.807, 2.05) is 5.38 Å². The van der Waals surface area contributed by atoms with Crippen molar-refractivity contribution in [2.45, 2.75) is 63.9 Å². The van der Waals surface area contributed by atoms with Crippen LogP contribution >= 0.6 is 11.3 Å². The van der Waals surface area contributed by atoms with Crippen molar-refractivity contribution in [2.75, 3.05) is 5.32 Å². The molecule has 19 heavy (non-hydrogen) atoms. The number of rotatable bonds is 5. The average molecular weight is 282 g/mol. The second kappa shape index (κ2) is 6.48. The molecule has 2 N–H and O–H groups in total. The highest BCUT2D eigenvalue weighted by molar-refractivity contribution is 7.13. The molecular formula is C14H22N2O2S. The molecule has 1 amide bonds. The topological polar surface area (TPSA) is 62.2 Å². The molecule has 0 spiro atoms. The first kappa shape index (κ1) is 14.5. The summed E-state index contributed by atoms with van der Waals surface area (Å²) in [5.41, 5.74) is 0.227. The molecule has 5 heteroatoms. The largest absolute Gasteiger partial charge is 0.389 e. The third kappa shape index (κ3) is 4.28. The van der Waals surface area contributed by atoms with Gasteiger partial charge in [-0.25, -0.2) is 4.98 Å². The summed E-state index contributed by atoms with van der Waals surface area (Å²) in [5, 5.41) is 15.8. The Balaban J connectivity index is 1.86. The minimum Gasteiger partial charge on any atom is -0.389 e. The zero-order valence-electron chi connectivity index (χ0n) is 11.4. The maximum Gasteiger partial charge on any atom is 0.229 e. The van der Waals surface area contributed by atoms with Crippen molar-refractivity contribution >= 4 is 22.4 Å². The fraction of sp³-hybridized carbons (Fsp3) is 0.714. The fourth-order valence-corrected chi connectivity index (χ4v) is 3.35. The van der Waals surface area contributed by atoms with Crippen LogP contribution < -0.4 is 5.32 Å². The lowest BCUT2D eigenvalue weighted by Crippen LogP contribution is -2.35. The minimum atomic E-state index is -0.800. The lowest BCUT2D eigenvalue weighted by Gasteiger charge is -2.31. The highest BCUT2D eigenvalue weighted by atomic mass is 32.1. The first-order valence-electron chi connectivity index (χ1n) is 7.08. The van der Waals surface area contributed by atoms with E-state index in [1.54, 1.807) is 0 Å². The molecule has 1 fully saturated rings. The van der Waals surface area contributed by atoms with E-state index >= 15 is 0 Å². The van der Waals surface area contributed by atoms with Crippen LogP contribution in [-0.2, 0) is 11.2 Å². The molecule has 1 aliphatic rings. The lowest BCUT2D eigenvalue weighted by atomic mass is 9.82. The summed E-state index contributed by atoms with van der Waals surface area (Å²) < 4.78 is 0. The SMILES string of the molecule is CCCc1csc(NC(=O)CC2(O)CCCCC2)n1. The first-order valence-corrected chi connectivity index (χ1v) is 7.96. The molecule has 2 rings (SSSR count).